The van der Waals surface area contributed by atoms with Crippen LogP contribution in [0.1, 0.15) is 29.8 Å². The number of pyridine rings is 1. The third kappa shape index (κ3) is 5.70. The number of aryl methyl sites for hydroxylation is 1. The van der Waals surface area contributed by atoms with Crippen LogP contribution in [0.15, 0.2) is 42.7 Å². The zero-order valence-electron chi connectivity index (χ0n) is 14.9. The lowest BCUT2D eigenvalue weighted by molar-refractivity contribution is -0.671. The van der Waals surface area contributed by atoms with Crippen LogP contribution in [0.5, 0.6) is 11.5 Å². The van der Waals surface area contributed by atoms with Crippen molar-refractivity contribution < 1.29 is 28.4 Å². The quantitative estimate of drug-likeness (QED) is 0.479. The summed E-state index contributed by atoms with van der Waals surface area (Å²) in [4.78, 5) is 34.5. The Labute approximate surface area is 151 Å². The Morgan fingerprint density at radius 1 is 1.04 bits per heavy atom. The number of esters is 2. The number of rotatable bonds is 6. The molecule has 0 fully saturated rings. The van der Waals surface area contributed by atoms with Crippen molar-refractivity contribution in [3.63, 3.8) is 0 Å². The van der Waals surface area contributed by atoms with Crippen LogP contribution in [0.25, 0.3) is 0 Å². The highest BCUT2D eigenvalue weighted by Gasteiger charge is 2.12. The van der Waals surface area contributed by atoms with E-state index in [0.29, 0.717) is 18.5 Å². The summed E-state index contributed by atoms with van der Waals surface area (Å²) < 4.78 is 11.9. The third-order valence-corrected chi connectivity index (χ3v) is 3.42. The predicted molar refractivity (Wildman–Crippen MR) is 92.7 cm³/mol. The number of carbonyl (C=O) groups is 3. The standard InChI is InChI=1S/C19H20N2O5/c1-13(22)25-17-7-6-15(11-18(17)26-14(2)23)8-9-20-19(24)16-5-4-10-21(3)12-16/h4-7,10-12H,8-9H2,1-3H3/p+1. The average molecular weight is 357 g/mol. The molecule has 0 atom stereocenters. The molecule has 0 unspecified atom stereocenters. The van der Waals surface area contributed by atoms with E-state index in [0.717, 1.165) is 5.56 Å². The second-order valence-electron chi connectivity index (χ2n) is 5.73. The normalized spacial score (nSPS) is 10.1. The fourth-order valence-corrected chi connectivity index (χ4v) is 2.33. The maximum absolute atomic E-state index is 12.1. The van der Waals surface area contributed by atoms with Gasteiger partial charge < -0.3 is 14.8 Å². The SMILES string of the molecule is CC(=O)Oc1ccc(CCNC(=O)c2ccc[n+](C)c2)cc1OC(C)=O. The first kappa shape index (κ1) is 19.1. The lowest BCUT2D eigenvalue weighted by Crippen LogP contribution is -2.31. The van der Waals surface area contributed by atoms with Gasteiger partial charge in [0.1, 0.15) is 12.6 Å². The molecular formula is C19H21N2O5+. The molecule has 7 nitrogen and oxygen atoms in total. The zero-order chi connectivity index (χ0) is 19.1. The molecule has 0 aliphatic rings. The van der Waals surface area contributed by atoms with Gasteiger partial charge in [0, 0.05) is 26.5 Å². The van der Waals surface area contributed by atoms with Crippen molar-refractivity contribution in [3.8, 4) is 11.5 Å². The average Bonchev–Trinajstić information content (AvgIpc) is 2.56. The first-order valence-electron chi connectivity index (χ1n) is 8.08. The Morgan fingerprint density at radius 3 is 2.38 bits per heavy atom. The first-order valence-corrected chi connectivity index (χ1v) is 8.08. The van der Waals surface area contributed by atoms with Crippen molar-refractivity contribution in [2.75, 3.05) is 6.54 Å². The largest absolute Gasteiger partial charge is 0.423 e. The highest BCUT2D eigenvalue weighted by molar-refractivity contribution is 5.93. The topological polar surface area (TPSA) is 85.6 Å². The van der Waals surface area contributed by atoms with Crippen molar-refractivity contribution in [2.45, 2.75) is 20.3 Å². The van der Waals surface area contributed by atoms with Gasteiger partial charge in [-0.1, -0.05) is 6.07 Å². The molecule has 0 spiro atoms. The van der Waals surface area contributed by atoms with Gasteiger partial charge in [-0.3, -0.25) is 14.4 Å². The molecule has 7 heteroatoms. The summed E-state index contributed by atoms with van der Waals surface area (Å²) in [5.74, 6) is -0.836. The van der Waals surface area contributed by atoms with Crippen LogP contribution >= 0.6 is 0 Å². The minimum Gasteiger partial charge on any atom is -0.423 e. The summed E-state index contributed by atoms with van der Waals surface area (Å²) >= 11 is 0. The van der Waals surface area contributed by atoms with Gasteiger partial charge in [0.2, 0.25) is 0 Å². The van der Waals surface area contributed by atoms with Crippen molar-refractivity contribution in [1.29, 1.82) is 0 Å². The van der Waals surface area contributed by atoms with Gasteiger partial charge in [-0.25, -0.2) is 4.57 Å². The van der Waals surface area contributed by atoms with E-state index in [1.165, 1.54) is 13.8 Å². The molecule has 136 valence electrons. The highest BCUT2D eigenvalue weighted by Crippen LogP contribution is 2.29. The van der Waals surface area contributed by atoms with Gasteiger partial charge >= 0.3 is 11.9 Å². The van der Waals surface area contributed by atoms with E-state index in [1.54, 1.807) is 41.1 Å². The van der Waals surface area contributed by atoms with Crippen LogP contribution in [-0.2, 0) is 23.1 Å². The van der Waals surface area contributed by atoms with Gasteiger partial charge in [0.15, 0.2) is 23.9 Å². The van der Waals surface area contributed by atoms with Crippen LogP contribution in [0.3, 0.4) is 0 Å². The van der Waals surface area contributed by atoms with Crippen LogP contribution in [0.4, 0.5) is 0 Å². The molecular weight excluding hydrogens is 336 g/mol. The Bertz CT molecular complexity index is 832. The van der Waals surface area contributed by atoms with Gasteiger partial charge in [-0.15, -0.1) is 0 Å². The molecule has 0 aliphatic carbocycles. The molecule has 0 saturated heterocycles. The zero-order valence-corrected chi connectivity index (χ0v) is 14.9. The minimum atomic E-state index is -0.513. The number of carbonyl (C=O) groups excluding carboxylic acids is 3. The van der Waals surface area contributed by atoms with Crippen molar-refractivity contribution in [1.82, 2.24) is 5.32 Å². The lowest BCUT2D eigenvalue weighted by Gasteiger charge is -2.11. The van der Waals surface area contributed by atoms with Crippen molar-refractivity contribution in [3.05, 3.63) is 53.9 Å². The Balaban J connectivity index is 2.01. The molecule has 1 heterocycles. The second kappa shape index (κ2) is 8.75. The van der Waals surface area contributed by atoms with E-state index in [4.69, 9.17) is 9.47 Å². The van der Waals surface area contributed by atoms with Crippen LogP contribution in [-0.4, -0.2) is 24.4 Å². The van der Waals surface area contributed by atoms with E-state index in [1.807, 2.05) is 13.2 Å². The molecule has 1 amide bonds. The van der Waals surface area contributed by atoms with Crippen molar-refractivity contribution >= 4 is 17.8 Å². The summed E-state index contributed by atoms with van der Waals surface area (Å²) in [6, 6.07) is 8.47. The monoisotopic (exact) mass is 357 g/mol. The van der Waals surface area contributed by atoms with Gasteiger partial charge in [-0.05, 0) is 30.2 Å². The van der Waals surface area contributed by atoms with Crippen LogP contribution in [0.2, 0.25) is 0 Å². The van der Waals surface area contributed by atoms with Crippen LogP contribution < -0.4 is 19.4 Å². The molecule has 2 rings (SSSR count). The van der Waals surface area contributed by atoms with Crippen LogP contribution in [0, 0.1) is 0 Å². The number of nitrogens with zero attached hydrogens (tertiary/aromatic N) is 1. The third-order valence-electron chi connectivity index (χ3n) is 3.42. The van der Waals surface area contributed by atoms with E-state index in [-0.39, 0.29) is 17.4 Å². The minimum absolute atomic E-state index is 0.169. The smallest absolute Gasteiger partial charge is 0.308 e. The molecule has 1 N–H and O–H groups in total. The highest BCUT2D eigenvalue weighted by atomic mass is 16.6. The molecule has 0 aliphatic heterocycles. The number of ether oxygens (including phenoxy) is 2. The molecule has 1 aromatic heterocycles. The fraction of sp³-hybridized carbons (Fsp3) is 0.263. The maximum Gasteiger partial charge on any atom is 0.308 e. The number of hydrogen-bond donors (Lipinski definition) is 1. The molecule has 0 bridgehead atoms. The summed E-state index contributed by atoms with van der Waals surface area (Å²) in [5.41, 5.74) is 1.40. The summed E-state index contributed by atoms with van der Waals surface area (Å²) in [6.45, 7) is 2.94. The van der Waals surface area contributed by atoms with Gasteiger partial charge in [0.25, 0.3) is 5.91 Å². The molecule has 0 radical (unpaired) electrons. The molecule has 2 aromatic rings. The molecule has 1 aromatic carbocycles. The number of benzene rings is 1. The van der Waals surface area contributed by atoms with Gasteiger partial charge in [-0.2, -0.15) is 0 Å². The Kier molecular flexibility index (Phi) is 6.43. The lowest BCUT2D eigenvalue weighted by atomic mass is 10.1. The van der Waals surface area contributed by atoms with E-state index in [2.05, 4.69) is 5.32 Å². The Morgan fingerprint density at radius 2 is 1.73 bits per heavy atom. The maximum atomic E-state index is 12.1. The number of hydrogen-bond acceptors (Lipinski definition) is 5. The van der Waals surface area contributed by atoms with E-state index in [9.17, 15) is 14.4 Å². The summed E-state index contributed by atoms with van der Waals surface area (Å²) in [7, 11) is 1.85. The first-order chi connectivity index (χ1) is 12.3. The second-order valence-corrected chi connectivity index (χ2v) is 5.73. The summed E-state index contributed by atoms with van der Waals surface area (Å²) in [5, 5.41) is 2.84. The number of nitrogens with one attached hydrogen (secondary N) is 1. The van der Waals surface area contributed by atoms with Gasteiger partial charge in [0.05, 0.1) is 0 Å². The number of aromatic nitrogens is 1. The summed E-state index contributed by atoms with van der Waals surface area (Å²) in [6.07, 6.45) is 4.11. The van der Waals surface area contributed by atoms with E-state index >= 15 is 0 Å². The number of amides is 1. The fourth-order valence-electron chi connectivity index (χ4n) is 2.33. The predicted octanol–water partition coefficient (Wildman–Crippen LogP) is 1.33. The van der Waals surface area contributed by atoms with Crippen molar-refractivity contribution in [2.24, 2.45) is 7.05 Å². The molecule has 26 heavy (non-hydrogen) atoms. The molecule has 0 saturated carbocycles. The van der Waals surface area contributed by atoms with E-state index < -0.39 is 11.9 Å². The Hall–Kier alpha value is -3.22.